The Labute approximate surface area is 133 Å². The van der Waals surface area contributed by atoms with Gasteiger partial charge < -0.3 is 15.3 Å². The van der Waals surface area contributed by atoms with Crippen molar-refractivity contribution in [1.82, 2.24) is 0 Å². The van der Waals surface area contributed by atoms with Gasteiger partial charge >= 0.3 is 5.97 Å². The number of anilines is 2. The van der Waals surface area contributed by atoms with Gasteiger partial charge in [0, 0.05) is 25.0 Å². The molecule has 0 aromatic heterocycles. The molecule has 0 saturated heterocycles. The van der Waals surface area contributed by atoms with E-state index >= 15 is 0 Å². The van der Waals surface area contributed by atoms with Gasteiger partial charge in [-0.15, -0.1) is 0 Å². The van der Waals surface area contributed by atoms with Crippen LogP contribution >= 0.6 is 15.9 Å². The van der Waals surface area contributed by atoms with Crippen LogP contribution in [-0.4, -0.2) is 31.1 Å². The van der Waals surface area contributed by atoms with Crippen LogP contribution in [0.3, 0.4) is 0 Å². The molecule has 116 valence electrons. The maximum atomic E-state index is 12.2. The molecule has 0 saturated carbocycles. The molecule has 5 nitrogen and oxygen atoms in total. The van der Waals surface area contributed by atoms with Crippen LogP contribution in [0.1, 0.15) is 26.7 Å². The highest BCUT2D eigenvalue weighted by Gasteiger charge is 2.25. The van der Waals surface area contributed by atoms with Crippen molar-refractivity contribution in [2.24, 2.45) is 5.41 Å². The summed E-state index contributed by atoms with van der Waals surface area (Å²) in [6.45, 7) is 3.54. The molecule has 0 aliphatic rings. The van der Waals surface area contributed by atoms with Gasteiger partial charge in [0.05, 0.1) is 17.8 Å². The minimum atomic E-state index is -0.899. The number of nitrogens with one attached hydrogen (secondary N) is 1. The Morgan fingerprint density at radius 3 is 2.43 bits per heavy atom. The lowest BCUT2D eigenvalue weighted by molar-refractivity contribution is -0.139. The number of amides is 1. The number of carbonyl (C=O) groups is 2. The minimum absolute atomic E-state index is 0.0422. The monoisotopic (exact) mass is 356 g/mol. The van der Waals surface area contributed by atoms with Gasteiger partial charge in [-0.1, -0.05) is 29.8 Å². The van der Waals surface area contributed by atoms with E-state index in [1.54, 1.807) is 13.8 Å². The van der Waals surface area contributed by atoms with Crippen molar-refractivity contribution in [3.63, 3.8) is 0 Å². The van der Waals surface area contributed by atoms with Crippen LogP contribution in [0, 0.1) is 5.41 Å². The molecular formula is C15H21BrN2O3. The summed E-state index contributed by atoms with van der Waals surface area (Å²) in [5.41, 5.74) is 1.01. The van der Waals surface area contributed by atoms with Crippen LogP contribution in [-0.2, 0) is 9.59 Å². The average molecular weight is 357 g/mol. The van der Waals surface area contributed by atoms with Gasteiger partial charge in [0.1, 0.15) is 0 Å². The Morgan fingerprint density at radius 2 is 1.90 bits per heavy atom. The zero-order chi connectivity index (χ0) is 16.2. The van der Waals surface area contributed by atoms with Gasteiger partial charge in [0.25, 0.3) is 0 Å². The van der Waals surface area contributed by atoms with E-state index < -0.39 is 11.4 Å². The first kappa shape index (κ1) is 17.5. The number of aliphatic carboxylic acids is 1. The van der Waals surface area contributed by atoms with Crippen LogP contribution in [0.5, 0.6) is 0 Å². The first-order chi connectivity index (χ1) is 9.60. The fraction of sp³-hybridized carbons (Fsp3) is 0.467. The molecule has 1 aromatic rings. The van der Waals surface area contributed by atoms with Crippen LogP contribution in [0.25, 0.3) is 0 Å². The number of carboxylic acid groups (broad SMARTS) is 1. The number of carbonyl (C=O) groups excluding carboxylic acids is 1. The molecule has 0 unspecified atom stereocenters. The maximum absolute atomic E-state index is 12.2. The van der Waals surface area contributed by atoms with Crippen molar-refractivity contribution in [1.29, 1.82) is 0 Å². The second-order valence-electron chi connectivity index (χ2n) is 6.02. The lowest BCUT2D eigenvalue weighted by atomic mass is 9.85. The van der Waals surface area contributed by atoms with Gasteiger partial charge in [-0.05, 0) is 23.6 Å². The topological polar surface area (TPSA) is 69.6 Å². The molecule has 6 heteroatoms. The number of hydrogen-bond donors (Lipinski definition) is 2. The molecular weight excluding hydrogens is 336 g/mol. The number of nitrogens with zero attached hydrogens (tertiary/aromatic N) is 1. The molecule has 0 bridgehead atoms. The van der Waals surface area contributed by atoms with E-state index in [2.05, 4.69) is 21.2 Å². The molecule has 0 fully saturated rings. The lowest BCUT2D eigenvalue weighted by Gasteiger charge is -2.23. The van der Waals surface area contributed by atoms with Gasteiger partial charge in [0.2, 0.25) is 5.91 Å². The first-order valence-electron chi connectivity index (χ1n) is 6.59. The largest absolute Gasteiger partial charge is 0.481 e. The third-order valence-corrected chi connectivity index (χ3v) is 3.48. The van der Waals surface area contributed by atoms with Crippen molar-refractivity contribution >= 4 is 39.2 Å². The summed E-state index contributed by atoms with van der Waals surface area (Å²) < 4.78 is 0.869. The zero-order valence-electron chi connectivity index (χ0n) is 12.7. The normalized spacial score (nSPS) is 11.1. The molecule has 0 spiro atoms. The zero-order valence-corrected chi connectivity index (χ0v) is 14.3. The van der Waals surface area contributed by atoms with Crippen molar-refractivity contribution in [3.8, 4) is 0 Å². The molecule has 0 radical (unpaired) electrons. The van der Waals surface area contributed by atoms with Gasteiger partial charge in [0.15, 0.2) is 0 Å². The van der Waals surface area contributed by atoms with E-state index in [1.165, 1.54) is 0 Å². The van der Waals surface area contributed by atoms with Crippen molar-refractivity contribution in [2.45, 2.75) is 26.7 Å². The predicted octanol–water partition coefficient (Wildman–Crippen LogP) is 3.34. The van der Waals surface area contributed by atoms with E-state index in [0.717, 1.165) is 10.2 Å². The Balaban J connectivity index is 2.84. The van der Waals surface area contributed by atoms with Crippen LogP contribution < -0.4 is 10.2 Å². The number of benzene rings is 1. The summed E-state index contributed by atoms with van der Waals surface area (Å²) in [5, 5.41) is 11.7. The van der Waals surface area contributed by atoms with Gasteiger partial charge in [-0.2, -0.15) is 0 Å². The van der Waals surface area contributed by atoms with Gasteiger partial charge in [-0.25, -0.2) is 0 Å². The fourth-order valence-corrected chi connectivity index (χ4v) is 2.46. The summed E-state index contributed by atoms with van der Waals surface area (Å²) in [6, 6.07) is 5.64. The lowest BCUT2D eigenvalue weighted by Crippen LogP contribution is -2.25. The quantitative estimate of drug-likeness (QED) is 0.819. The third-order valence-electron chi connectivity index (χ3n) is 2.98. The summed E-state index contributed by atoms with van der Waals surface area (Å²) in [7, 11) is 3.79. The van der Waals surface area contributed by atoms with Crippen LogP contribution in [0.15, 0.2) is 22.7 Å². The van der Waals surface area contributed by atoms with Crippen LogP contribution in [0.2, 0.25) is 0 Å². The average Bonchev–Trinajstić information content (AvgIpc) is 2.24. The summed E-state index contributed by atoms with van der Waals surface area (Å²) in [6.07, 6.45) is 0.109. The maximum Gasteiger partial charge on any atom is 0.303 e. The molecule has 0 aliphatic carbocycles. The Hall–Kier alpha value is -1.56. The first-order valence-corrected chi connectivity index (χ1v) is 7.38. The number of hydrogen-bond acceptors (Lipinski definition) is 3. The number of carboxylic acids is 1. The van der Waals surface area contributed by atoms with Crippen molar-refractivity contribution in [3.05, 3.63) is 22.7 Å². The molecule has 1 amide bonds. The second kappa shape index (κ2) is 6.93. The highest BCUT2D eigenvalue weighted by molar-refractivity contribution is 9.10. The number of rotatable bonds is 6. The Morgan fingerprint density at radius 1 is 1.29 bits per heavy atom. The minimum Gasteiger partial charge on any atom is -0.481 e. The summed E-state index contributed by atoms with van der Waals surface area (Å²) in [5.74, 6) is -1.09. The van der Waals surface area contributed by atoms with E-state index in [9.17, 15) is 9.59 Å². The SMILES string of the molecule is CN(C)c1ccc(Br)cc1NC(=O)CC(C)(C)CC(=O)O. The molecule has 1 aromatic carbocycles. The summed E-state index contributed by atoms with van der Waals surface area (Å²) >= 11 is 3.38. The van der Waals surface area contributed by atoms with Crippen molar-refractivity contribution in [2.75, 3.05) is 24.3 Å². The van der Waals surface area contributed by atoms with Crippen LogP contribution in [0.4, 0.5) is 11.4 Å². The smallest absolute Gasteiger partial charge is 0.303 e. The Kier molecular flexibility index (Phi) is 5.78. The second-order valence-corrected chi connectivity index (χ2v) is 6.93. The molecule has 0 heterocycles. The molecule has 0 aliphatic heterocycles. The highest BCUT2D eigenvalue weighted by Crippen LogP contribution is 2.30. The molecule has 2 N–H and O–H groups in total. The van der Waals surface area contributed by atoms with E-state index in [1.807, 2.05) is 37.2 Å². The van der Waals surface area contributed by atoms with E-state index in [0.29, 0.717) is 5.69 Å². The fourth-order valence-electron chi connectivity index (χ4n) is 2.10. The van der Waals surface area contributed by atoms with E-state index in [-0.39, 0.29) is 18.7 Å². The predicted molar refractivity (Wildman–Crippen MR) is 87.7 cm³/mol. The Bertz CT molecular complexity index is 542. The molecule has 1 rings (SSSR count). The molecule has 21 heavy (non-hydrogen) atoms. The van der Waals surface area contributed by atoms with E-state index in [4.69, 9.17) is 5.11 Å². The third kappa shape index (κ3) is 5.75. The highest BCUT2D eigenvalue weighted by atomic mass is 79.9. The molecule has 0 atom stereocenters. The van der Waals surface area contributed by atoms with Gasteiger partial charge in [-0.3, -0.25) is 9.59 Å². The summed E-state index contributed by atoms with van der Waals surface area (Å²) in [4.78, 5) is 24.9. The van der Waals surface area contributed by atoms with Crippen molar-refractivity contribution < 1.29 is 14.7 Å². The standard InChI is InChI=1S/C15H21BrN2O3/c1-15(2,9-14(20)21)8-13(19)17-11-7-10(16)5-6-12(11)18(3)4/h5-7H,8-9H2,1-4H3,(H,17,19)(H,20,21). The number of halogens is 1.